The molecule has 9 heteroatoms. The first kappa shape index (κ1) is 24.3. The number of rotatable bonds is 11. The highest BCUT2D eigenvalue weighted by Crippen LogP contribution is 2.26. The maximum Gasteiger partial charge on any atom is 0.221 e. The summed E-state index contributed by atoms with van der Waals surface area (Å²) in [5, 5.41) is 15.7. The monoisotopic (exact) mass is 491 g/mol. The van der Waals surface area contributed by atoms with E-state index in [2.05, 4.69) is 20.8 Å². The minimum Gasteiger partial charge on any atom is -0.495 e. The molecule has 4 aromatic rings. The highest BCUT2D eigenvalue weighted by Gasteiger charge is 2.15. The molecule has 0 fully saturated rings. The van der Waals surface area contributed by atoms with Gasteiger partial charge in [-0.1, -0.05) is 54.2 Å². The third-order valence-corrected chi connectivity index (χ3v) is 6.15. The van der Waals surface area contributed by atoms with Crippen LogP contribution in [0, 0.1) is 5.82 Å². The van der Waals surface area contributed by atoms with Crippen LogP contribution in [-0.4, -0.2) is 33.5 Å². The Labute approximate surface area is 207 Å². The van der Waals surface area contributed by atoms with Gasteiger partial charge in [-0.25, -0.2) is 4.39 Å². The van der Waals surface area contributed by atoms with E-state index in [1.165, 1.54) is 23.9 Å². The molecule has 0 saturated carbocycles. The van der Waals surface area contributed by atoms with E-state index >= 15 is 0 Å². The van der Waals surface area contributed by atoms with E-state index in [1.807, 2.05) is 59.2 Å². The number of hydrogen-bond donors (Lipinski definition) is 2. The normalized spacial score (nSPS) is 10.7. The molecule has 0 bridgehead atoms. The fourth-order valence-corrected chi connectivity index (χ4v) is 4.34. The molecule has 2 N–H and O–H groups in total. The number of para-hydroxylation sites is 3. The highest BCUT2D eigenvalue weighted by molar-refractivity contribution is 7.99. The van der Waals surface area contributed by atoms with Gasteiger partial charge in [-0.15, -0.1) is 10.2 Å². The molecule has 0 aliphatic heterocycles. The Balaban J connectivity index is 1.39. The van der Waals surface area contributed by atoms with Crippen LogP contribution >= 0.6 is 11.8 Å². The number of ether oxygens (including phenoxy) is 1. The molecule has 0 saturated heterocycles. The van der Waals surface area contributed by atoms with Gasteiger partial charge < -0.3 is 15.4 Å². The molecule has 1 aromatic heterocycles. The molecule has 0 spiro atoms. The van der Waals surface area contributed by atoms with Crippen molar-refractivity contribution in [3.05, 3.63) is 96.1 Å². The third kappa shape index (κ3) is 6.60. The average Bonchev–Trinajstić information content (AvgIpc) is 3.30. The Morgan fingerprint density at radius 3 is 2.49 bits per heavy atom. The molecule has 1 amide bonds. The zero-order chi connectivity index (χ0) is 24.5. The van der Waals surface area contributed by atoms with E-state index < -0.39 is 0 Å². The van der Waals surface area contributed by atoms with Crippen LogP contribution in [-0.2, 0) is 17.9 Å². The standard InChI is InChI=1S/C26H26FN5O2S/c1-34-23-10-6-5-9-22(23)28-18-24-30-31-26(32(24)21-7-3-2-4-8-21)35-16-15-25(33)29-17-19-11-13-20(27)14-12-19/h2-14,28H,15-18H2,1H3,(H,29,33). The molecule has 0 aliphatic rings. The van der Waals surface area contributed by atoms with Crippen molar-refractivity contribution in [2.75, 3.05) is 18.2 Å². The lowest BCUT2D eigenvalue weighted by molar-refractivity contribution is -0.120. The molecule has 1 heterocycles. The van der Waals surface area contributed by atoms with E-state index in [-0.39, 0.29) is 11.7 Å². The second-order valence-electron chi connectivity index (χ2n) is 7.63. The molecule has 4 rings (SSSR count). The Morgan fingerprint density at radius 1 is 0.971 bits per heavy atom. The lowest BCUT2D eigenvalue weighted by Crippen LogP contribution is -2.23. The lowest BCUT2D eigenvalue weighted by Gasteiger charge is -2.13. The van der Waals surface area contributed by atoms with Crippen LogP contribution < -0.4 is 15.4 Å². The number of methoxy groups -OCH3 is 1. The summed E-state index contributed by atoms with van der Waals surface area (Å²) in [7, 11) is 1.64. The van der Waals surface area contributed by atoms with Crippen LogP contribution in [0.1, 0.15) is 17.8 Å². The quantitative estimate of drug-likeness (QED) is 0.293. The van der Waals surface area contributed by atoms with E-state index in [0.717, 1.165) is 28.5 Å². The number of aromatic nitrogens is 3. The Morgan fingerprint density at radius 2 is 1.71 bits per heavy atom. The number of hydrogen-bond acceptors (Lipinski definition) is 6. The van der Waals surface area contributed by atoms with Gasteiger partial charge in [-0.3, -0.25) is 9.36 Å². The second kappa shape index (κ2) is 12.0. The van der Waals surface area contributed by atoms with E-state index in [4.69, 9.17) is 4.74 Å². The van der Waals surface area contributed by atoms with Gasteiger partial charge >= 0.3 is 0 Å². The van der Waals surface area contributed by atoms with Crippen molar-refractivity contribution in [1.82, 2.24) is 20.1 Å². The first-order chi connectivity index (χ1) is 17.1. The van der Waals surface area contributed by atoms with Crippen LogP contribution in [0.2, 0.25) is 0 Å². The molecule has 0 unspecified atom stereocenters. The first-order valence-corrected chi connectivity index (χ1v) is 12.1. The molecular formula is C26H26FN5O2S. The summed E-state index contributed by atoms with van der Waals surface area (Å²) in [6.07, 6.45) is 0.322. The average molecular weight is 492 g/mol. The van der Waals surface area contributed by atoms with Gasteiger partial charge in [0.2, 0.25) is 5.91 Å². The largest absolute Gasteiger partial charge is 0.495 e. The number of benzene rings is 3. The predicted molar refractivity (Wildman–Crippen MR) is 135 cm³/mol. The number of thioether (sulfide) groups is 1. The van der Waals surface area contributed by atoms with Crippen molar-refractivity contribution < 1.29 is 13.9 Å². The third-order valence-electron chi connectivity index (χ3n) is 5.22. The molecule has 0 radical (unpaired) electrons. The lowest BCUT2D eigenvalue weighted by atomic mass is 10.2. The Kier molecular flexibility index (Phi) is 8.34. The number of halogens is 1. The zero-order valence-corrected chi connectivity index (χ0v) is 20.1. The summed E-state index contributed by atoms with van der Waals surface area (Å²) in [5.74, 6) is 1.66. The van der Waals surface area contributed by atoms with Crippen LogP contribution in [0.4, 0.5) is 10.1 Å². The summed E-state index contributed by atoms with van der Waals surface area (Å²) in [4.78, 5) is 12.3. The van der Waals surface area contributed by atoms with Gasteiger partial charge in [-0.05, 0) is 42.0 Å². The van der Waals surface area contributed by atoms with Gasteiger partial charge in [0.1, 0.15) is 11.6 Å². The smallest absolute Gasteiger partial charge is 0.221 e. The van der Waals surface area contributed by atoms with Crippen LogP contribution in [0.15, 0.2) is 84.0 Å². The predicted octanol–water partition coefficient (Wildman–Crippen LogP) is 4.83. The van der Waals surface area contributed by atoms with Crippen molar-refractivity contribution in [3.63, 3.8) is 0 Å². The summed E-state index contributed by atoms with van der Waals surface area (Å²) in [6.45, 7) is 0.809. The molecule has 0 aliphatic carbocycles. The summed E-state index contributed by atoms with van der Waals surface area (Å²) < 4.78 is 20.4. The van der Waals surface area contributed by atoms with Gasteiger partial charge in [0.05, 0.1) is 19.3 Å². The van der Waals surface area contributed by atoms with Gasteiger partial charge in [0, 0.05) is 24.4 Å². The molecule has 3 aromatic carbocycles. The SMILES string of the molecule is COc1ccccc1NCc1nnc(SCCC(=O)NCc2ccc(F)cc2)n1-c1ccccc1. The minimum absolute atomic E-state index is 0.0781. The molecule has 180 valence electrons. The van der Waals surface area contributed by atoms with Gasteiger partial charge in [-0.2, -0.15) is 0 Å². The maximum absolute atomic E-state index is 13.0. The Hall–Kier alpha value is -3.85. The fraction of sp³-hybridized carbons (Fsp3) is 0.192. The topological polar surface area (TPSA) is 81.1 Å². The summed E-state index contributed by atoms with van der Waals surface area (Å²) in [5.41, 5.74) is 2.66. The molecule has 7 nitrogen and oxygen atoms in total. The van der Waals surface area contributed by atoms with Crippen molar-refractivity contribution in [2.24, 2.45) is 0 Å². The number of carbonyl (C=O) groups excluding carboxylic acids is 1. The van der Waals surface area contributed by atoms with Crippen molar-refractivity contribution in [3.8, 4) is 11.4 Å². The number of anilines is 1. The molecule has 35 heavy (non-hydrogen) atoms. The van der Waals surface area contributed by atoms with E-state index in [1.54, 1.807) is 19.2 Å². The number of carbonyl (C=O) groups is 1. The number of nitrogens with zero attached hydrogens (tertiary/aromatic N) is 3. The second-order valence-corrected chi connectivity index (χ2v) is 8.69. The minimum atomic E-state index is -0.295. The molecule has 0 atom stereocenters. The van der Waals surface area contributed by atoms with Crippen LogP contribution in [0.25, 0.3) is 5.69 Å². The van der Waals surface area contributed by atoms with E-state index in [0.29, 0.717) is 30.4 Å². The number of nitrogens with one attached hydrogen (secondary N) is 2. The number of amides is 1. The fourth-order valence-electron chi connectivity index (χ4n) is 3.44. The van der Waals surface area contributed by atoms with Crippen molar-refractivity contribution >= 4 is 23.4 Å². The van der Waals surface area contributed by atoms with Crippen molar-refractivity contribution in [2.45, 2.75) is 24.7 Å². The summed E-state index contributed by atoms with van der Waals surface area (Å²) in [6, 6.07) is 23.7. The van der Waals surface area contributed by atoms with Gasteiger partial charge in [0.15, 0.2) is 11.0 Å². The highest BCUT2D eigenvalue weighted by atomic mass is 32.2. The first-order valence-electron chi connectivity index (χ1n) is 11.1. The summed E-state index contributed by atoms with van der Waals surface area (Å²) >= 11 is 1.47. The zero-order valence-electron chi connectivity index (χ0n) is 19.3. The van der Waals surface area contributed by atoms with E-state index in [9.17, 15) is 9.18 Å². The van der Waals surface area contributed by atoms with Crippen molar-refractivity contribution in [1.29, 1.82) is 0 Å². The Bertz CT molecular complexity index is 1250. The van der Waals surface area contributed by atoms with Crippen LogP contribution in [0.5, 0.6) is 5.75 Å². The van der Waals surface area contributed by atoms with Crippen LogP contribution in [0.3, 0.4) is 0 Å². The maximum atomic E-state index is 13.0. The van der Waals surface area contributed by atoms with Gasteiger partial charge in [0.25, 0.3) is 0 Å². The molecular weight excluding hydrogens is 465 g/mol.